The predicted molar refractivity (Wildman–Crippen MR) is 84.9 cm³/mol. The number of phenolic OH excluding ortho intramolecular Hbond substituents is 1. The zero-order valence-corrected chi connectivity index (χ0v) is 13.0. The highest BCUT2D eigenvalue weighted by Crippen LogP contribution is 2.33. The summed E-state index contributed by atoms with van der Waals surface area (Å²) in [6, 6.07) is 12.1. The summed E-state index contributed by atoms with van der Waals surface area (Å²) in [7, 11) is 0. The first kappa shape index (κ1) is 16.0. The molecule has 114 valence electrons. The molecule has 0 aromatic heterocycles. The van der Waals surface area contributed by atoms with E-state index in [4.69, 9.17) is 0 Å². The van der Waals surface area contributed by atoms with Crippen LogP contribution in [0.2, 0.25) is 0 Å². The van der Waals surface area contributed by atoms with Crippen LogP contribution in [-0.2, 0) is 6.42 Å². The Kier molecular flexibility index (Phi) is 5.11. The molecule has 0 saturated heterocycles. The molecule has 0 unspecified atom stereocenters. The minimum atomic E-state index is -0.735. The standard InChI is InChI=1S/C15H13BrN2O4/c16-11-8-12(14(19)13(9-11)18(21)22)15(20)17-7-6-10-4-2-1-3-5-10/h1-5,8-9,19H,6-7H2,(H,17,20). The van der Waals surface area contributed by atoms with Gasteiger partial charge in [0.05, 0.1) is 10.5 Å². The van der Waals surface area contributed by atoms with Gasteiger partial charge < -0.3 is 10.4 Å². The molecule has 0 radical (unpaired) electrons. The number of nitro groups is 1. The predicted octanol–water partition coefficient (Wildman–Crippen LogP) is 3.04. The molecule has 0 aliphatic rings. The molecule has 2 rings (SSSR count). The molecule has 2 aromatic carbocycles. The molecule has 0 aliphatic carbocycles. The van der Waals surface area contributed by atoms with Crippen LogP contribution in [0.5, 0.6) is 5.75 Å². The number of phenols is 1. The smallest absolute Gasteiger partial charge is 0.312 e. The number of benzene rings is 2. The van der Waals surface area contributed by atoms with Crippen LogP contribution in [0.1, 0.15) is 15.9 Å². The lowest BCUT2D eigenvalue weighted by Crippen LogP contribution is -2.25. The van der Waals surface area contributed by atoms with E-state index in [1.807, 2.05) is 30.3 Å². The Morgan fingerprint density at radius 3 is 2.59 bits per heavy atom. The highest BCUT2D eigenvalue weighted by Gasteiger charge is 2.22. The van der Waals surface area contributed by atoms with Crippen molar-refractivity contribution in [3.05, 3.63) is 68.2 Å². The molecule has 6 nitrogen and oxygen atoms in total. The van der Waals surface area contributed by atoms with Crippen molar-refractivity contribution in [3.8, 4) is 5.75 Å². The zero-order chi connectivity index (χ0) is 16.1. The summed E-state index contributed by atoms with van der Waals surface area (Å²) < 4.78 is 0.352. The molecule has 0 aliphatic heterocycles. The van der Waals surface area contributed by atoms with E-state index in [1.165, 1.54) is 6.07 Å². The number of aromatic hydroxyl groups is 1. The van der Waals surface area contributed by atoms with E-state index in [9.17, 15) is 20.0 Å². The molecule has 2 aromatic rings. The summed E-state index contributed by atoms with van der Waals surface area (Å²) in [6.07, 6.45) is 0.628. The summed E-state index contributed by atoms with van der Waals surface area (Å²) in [4.78, 5) is 22.2. The van der Waals surface area contributed by atoms with Gasteiger partial charge in [0.1, 0.15) is 0 Å². The maximum absolute atomic E-state index is 12.1. The molecule has 0 atom stereocenters. The number of halogens is 1. The molecule has 0 heterocycles. The summed E-state index contributed by atoms with van der Waals surface area (Å²) in [6.45, 7) is 0.364. The van der Waals surface area contributed by atoms with Crippen molar-refractivity contribution in [3.63, 3.8) is 0 Å². The Balaban J connectivity index is 2.08. The van der Waals surface area contributed by atoms with E-state index in [2.05, 4.69) is 21.2 Å². The number of hydrogen-bond donors (Lipinski definition) is 2. The van der Waals surface area contributed by atoms with Crippen LogP contribution in [0.4, 0.5) is 5.69 Å². The van der Waals surface area contributed by atoms with Crippen LogP contribution >= 0.6 is 15.9 Å². The molecule has 7 heteroatoms. The van der Waals surface area contributed by atoms with Gasteiger partial charge in [-0.3, -0.25) is 14.9 Å². The average Bonchev–Trinajstić information content (AvgIpc) is 2.50. The van der Waals surface area contributed by atoms with Crippen molar-refractivity contribution in [2.45, 2.75) is 6.42 Å². The number of nitrogens with one attached hydrogen (secondary N) is 1. The van der Waals surface area contributed by atoms with Gasteiger partial charge in [-0.25, -0.2) is 0 Å². The highest BCUT2D eigenvalue weighted by atomic mass is 79.9. The van der Waals surface area contributed by atoms with E-state index in [1.54, 1.807) is 0 Å². The molecular formula is C15H13BrN2O4. The van der Waals surface area contributed by atoms with E-state index < -0.39 is 22.3 Å². The Hall–Kier alpha value is -2.41. The molecule has 0 bridgehead atoms. The van der Waals surface area contributed by atoms with Gasteiger partial charge in [-0.1, -0.05) is 46.3 Å². The van der Waals surface area contributed by atoms with Crippen LogP contribution < -0.4 is 5.32 Å². The summed E-state index contributed by atoms with van der Waals surface area (Å²) in [5, 5.41) is 23.3. The first-order valence-corrected chi connectivity index (χ1v) is 7.27. The number of amides is 1. The molecular weight excluding hydrogens is 352 g/mol. The molecule has 22 heavy (non-hydrogen) atoms. The molecule has 0 fully saturated rings. The molecule has 0 spiro atoms. The Morgan fingerprint density at radius 1 is 1.27 bits per heavy atom. The second kappa shape index (κ2) is 7.04. The topological polar surface area (TPSA) is 92.5 Å². The first-order valence-electron chi connectivity index (χ1n) is 6.48. The number of rotatable bonds is 5. The van der Waals surface area contributed by atoms with E-state index >= 15 is 0 Å². The van der Waals surface area contributed by atoms with Crippen molar-refractivity contribution in [1.82, 2.24) is 5.32 Å². The van der Waals surface area contributed by atoms with E-state index in [-0.39, 0.29) is 5.56 Å². The maximum Gasteiger partial charge on any atom is 0.312 e. The van der Waals surface area contributed by atoms with Crippen molar-refractivity contribution >= 4 is 27.5 Å². The molecule has 0 saturated carbocycles. The fourth-order valence-electron chi connectivity index (χ4n) is 1.96. The maximum atomic E-state index is 12.1. The first-order chi connectivity index (χ1) is 10.5. The van der Waals surface area contributed by atoms with Crippen molar-refractivity contribution in [1.29, 1.82) is 0 Å². The SMILES string of the molecule is O=C(NCCc1ccccc1)c1cc(Br)cc([N+](=O)[O-])c1O. The summed E-state index contributed by atoms with van der Waals surface area (Å²) in [5.74, 6) is -1.19. The largest absolute Gasteiger partial charge is 0.502 e. The van der Waals surface area contributed by atoms with Gasteiger partial charge in [0.15, 0.2) is 0 Å². The quantitative estimate of drug-likeness (QED) is 0.629. The minimum absolute atomic E-state index is 0.130. The van der Waals surface area contributed by atoms with Crippen molar-refractivity contribution in [2.24, 2.45) is 0 Å². The molecule has 1 amide bonds. The third-order valence-electron chi connectivity index (χ3n) is 3.04. The van der Waals surface area contributed by atoms with Gasteiger partial charge in [0.2, 0.25) is 5.75 Å². The van der Waals surface area contributed by atoms with Crippen molar-refractivity contribution < 1.29 is 14.8 Å². The van der Waals surface area contributed by atoms with Gasteiger partial charge in [-0.15, -0.1) is 0 Å². The van der Waals surface area contributed by atoms with Gasteiger partial charge in [0.25, 0.3) is 5.91 Å². The Morgan fingerprint density at radius 2 is 1.95 bits per heavy atom. The second-order valence-corrected chi connectivity index (χ2v) is 5.49. The third-order valence-corrected chi connectivity index (χ3v) is 3.50. The number of nitrogens with zero attached hydrogens (tertiary/aromatic N) is 1. The summed E-state index contributed by atoms with van der Waals surface area (Å²) >= 11 is 3.09. The van der Waals surface area contributed by atoms with Crippen LogP contribution in [0.15, 0.2) is 46.9 Å². The normalized spacial score (nSPS) is 10.2. The van der Waals surface area contributed by atoms with Gasteiger partial charge >= 0.3 is 5.69 Å². The third kappa shape index (κ3) is 3.82. The average molecular weight is 365 g/mol. The zero-order valence-electron chi connectivity index (χ0n) is 11.5. The second-order valence-electron chi connectivity index (χ2n) is 4.57. The van der Waals surface area contributed by atoms with Gasteiger partial charge in [-0.05, 0) is 18.1 Å². The van der Waals surface area contributed by atoms with Crippen LogP contribution in [0.25, 0.3) is 0 Å². The lowest BCUT2D eigenvalue weighted by molar-refractivity contribution is -0.386. The number of nitro benzene ring substituents is 1. The van der Waals surface area contributed by atoms with Crippen molar-refractivity contribution in [2.75, 3.05) is 6.54 Å². The fourth-order valence-corrected chi connectivity index (χ4v) is 2.40. The number of carbonyl (C=O) groups excluding carboxylic acids is 1. The van der Waals surface area contributed by atoms with E-state index in [0.717, 1.165) is 11.6 Å². The number of carbonyl (C=O) groups is 1. The van der Waals surface area contributed by atoms with Gasteiger partial charge in [0, 0.05) is 17.1 Å². The fraction of sp³-hybridized carbons (Fsp3) is 0.133. The van der Waals surface area contributed by atoms with Gasteiger partial charge in [-0.2, -0.15) is 0 Å². The Labute approximate surface area is 135 Å². The monoisotopic (exact) mass is 364 g/mol. The lowest BCUT2D eigenvalue weighted by Gasteiger charge is -2.08. The van der Waals surface area contributed by atoms with E-state index in [0.29, 0.717) is 17.4 Å². The highest BCUT2D eigenvalue weighted by molar-refractivity contribution is 9.10. The van der Waals surface area contributed by atoms with Crippen LogP contribution in [0.3, 0.4) is 0 Å². The Bertz CT molecular complexity index is 704. The summed E-state index contributed by atoms with van der Waals surface area (Å²) in [5.41, 5.74) is 0.420. The minimum Gasteiger partial charge on any atom is -0.502 e. The number of hydrogen-bond acceptors (Lipinski definition) is 4. The lowest BCUT2D eigenvalue weighted by atomic mass is 10.1. The van der Waals surface area contributed by atoms with Crippen LogP contribution in [-0.4, -0.2) is 22.5 Å². The van der Waals surface area contributed by atoms with Crippen LogP contribution in [0, 0.1) is 10.1 Å². The molecule has 2 N–H and O–H groups in total.